The van der Waals surface area contributed by atoms with E-state index in [-0.39, 0.29) is 11.1 Å². The zero-order valence-corrected chi connectivity index (χ0v) is 13.2. The smallest absolute Gasteiger partial charge is 0.164 e. The Morgan fingerprint density at radius 1 is 1.05 bits per heavy atom. The maximum Gasteiger partial charge on any atom is 0.164 e. The lowest BCUT2D eigenvalue weighted by Crippen LogP contribution is -2.23. The van der Waals surface area contributed by atoms with Gasteiger partial charge in [0.2, 0.25) is 0 Å². The molecule has 112 valence electrons. The Bertz CT molecular complexity index is 659. The molecule has 21 heavy (non-hydrogen) atoms. The van der Waals surface area contributed by atoms with Gasteiger partial charge in [-0.3, -0.25) is 0 Å². The highest BCUT2D eigenvalue weighted by Crippen LogP contribution is 2.31. The van der Waals surface area contributed by atoms with E-state index in [0.29, 0.717) is 16.6 Å². The predicted molar refractivity (Wildman–Crippen MR) is 83.1 cm³/mol. The van der Waals surface area contributed by atoms with Crippen molar-refractivity contribution in [3.05, 3.63) is 68.7 Å². The topological polar surface area (TPSA) is 12.0 Å². The van der Waals surface area contributed by atoms with Crippen LogP contribution in [0.3, 0.4) is 0 Å². The van der Waals surface area contributed by atoms with E-state index in [1.807, 2.05) is 6.92 Å². The van der Waals surface area contributed by atoms with Crippen molar-refractivity contribution in [2.24, 2.45) is 0 Å². The molecule has 0 aliphatic rings. The summed E-state index contributed by atoms with van der Waals surface area (Å²) in [5.41, 5.74) is 1.26. The average Bonchev–Trinajstić information content (AvgIpc) is 2.46. The molecule has 0 spiro atoms. The van der Waals surface area contributed by atoms with Crippen molar-refractivity contribution < 1.29 is 8.78 Å². The minimum atomic E-state index is -0.841. The molecule has 0 radical (unpaired) electrons. The van der Waals surface area contributed by atoms with Crippen LogP contribution in [-0.4, -0.2) is 6.54 Å². The first-order valence-corrected chi connectivity index (χ1v) is 7.34. The lowest BCUT2D eigenvalue weighted by molar-refractivity contribution is 0.478. The van der Waals surface area contributed by atoms with Crippen molar-refractivity contribution in [1.29, 1.82) is 0 Å². The van der Waals surface area contributed by atoms with Crippen LogP contribution in [0.2, 0.25) is 10.0 Å². The molecule has 0 aliphatic carbocycles. The van der Waals surface area contributed by atoms with Gasteiger partial charge in [0.25, 0.3) is 0 Å². The van der Waals surface area contributed by atoms with Gasteiger partial charge >= 0.3 is 0 Å². The first kappa shape index (κ1) is 16.2. The van der Waals surface area contributed by atoms with E-state index in [1.165, 1.54) is 6.92 Å². The summed E-state index contributed by atoms with van der Waals surface area (Å²) < 4.78 is 28.0. The van der Waals surface area contributed by atoms with Gasteiger partial charge in [-0.1, -0.05) is 48.3 Å². The fourth-order valence-corrected chi connectivity index (χ4v) is 2.49. The van der Waals surface area contributed by atoms with Crippen molar-refractivity contribution >= 4 is 23.2 Å². The van der Waals surface area contributed by atoms with Gasteiger partial charge in [-0.15, -0.1) is 0 Å². The standard InChI is InChI=1S/C16H15Cl2F2N/c1-3-21-16(10-5-7-12(17)13(18)8-10)11-6-4-9(2)14(19)15(11)20/h4-8,16,21H,3H2,1-2H3. The summed E-state index contributed by atoms with van der Waals surface area (Å²) in [6, 6.07) is 7.72. The fourth-order valence-electron chi connectivity index (χ4n) is 2.19. The van der Waals surface area contributed by atoms with Crippen molar-refractivity contribution in [2.45, 2.75) is 19.9 Å². The monoisotopic (exact) mass is 329 g/mol. The van der Waals surface area contributed by atoms with Gasteiger partial charge in [0.1, 0.15) is 0 Å². The molecule has 0 aliphatic heterocycles. The van der Waals surface area contributed by atoms with Gasteiger partial charge in [0.15, 0.2) is 11.6 Å². The van der Waals surface area contributed by atoms with Crippen LogP contribution in [0.5, 0.6) is 0 Å². The second kappa shape index (κ2) is 6.73. The highest BCUT2D eigenvalue weighted by Gasteiger charge is 2.21. The quantitative estimate of drug-likeness (QED) is 0.804. The molecule has 0 fully saturated rings. The summed E-state index contributed by atoms with van der Waals surface area (Å²) in [5, 5.41) is 3.94. The van der Waals surface area contributed by atoms with E-state index in [1.54, 1.807) is 30.3 Å². The van der Waals surface area contributed by atoms with Gasteiger partial charge in [0, 0.05) is 5.56 Å². The molecule has 5 heteroatoms. The Morgan fingerprint density at radius 2 is 1.76 bits per heavy atom. The van der Waals surface area contributed by atoms with E-state index in [2.05, 4.69) is 5.32 Å². The minimum Gasteiger partial charge on any atom is -0.306 e. The van der Waals surface area contributed by atoms with Crippen LogP contribution < -0.4 is 5.32 Å². The van der Waals surface area contributed by atoms with Gasteiger partial charge < -0.3 is 5.32 Å². The number of halogens is 4. The average molecular weight is 330 g/mol. The number of hydrogen-bond acceptors (Lipinski definition) is 1. The van der Waals surface area contributed by atoms with Crippen LogP contribution in [0.1, 0.15) is 29.7 Å². The maximum absolute atomic E-state index is 14.2. The fraction of sp³-hybridized carbons (Fsp3) is 0.250. The Labute approximate surface area is 132 Å². The van der Waals surface area contributed by atoms with Gasteiger partial charge in [-0.05, 0) is 36.7 Å². The number of nitrogens with one attached hydrogen (secondary N) is 1. The van der Waals surface area contributed by atoms with Crippen LogP contribution in [0.15, 0.2) is 30.3 Å². The van der Waals surface area contributed by atoms with Gasteiger partial charge in [0.05, 0.1) is 16.1 Å². The normalized spacial score (nSPS) is 12.5. The number of benzene rings is 2. The molecule has 0 saturated carbocycles. The molecule has 1 unspecified atom stereocenters. The van der Waals surface area contributed by atoms with E-state index in [4.69, 9.17) is 23.2 Å². The predicted octanol–water partition coefficient (Wildman–Crippen LogP) is 5.28. The number of aryl methyl sites for hydroxylation is 1. The summed E-state index contributed by atoms with van der Waals surface area (Å²) >= 11 is 11.9. The van der Waals surface area contributed by atoms with Crippen LogP contribution in [0.25, 0.3) is 0 Å². The second-order valence-electron chi connectivity index (χ2n) is 4.76. The largest absolute Gasteiger partial charge is 0.306 e. The maximum atomic E-state index is 14.2. The molecular formula is C16H15Cl2F2N. The molecule has 1 nitrogen and oxygen atoms in total. The summed E-state index contributed by atoms with van der Waals surface area (Å²) in [6.45, 7) is 4.02. The van der Waals surface area contributed by atoms with Crippen molar-refractivity contribution in [3.8, 4) is 0 Å². The lowest BCUT2D eigenvalue weighted by atomic mass is 9.97. The highest BCUT2D eigenvalue weighted by atomic mass is 35.5. The van der Waals surface area contributed by atoms with Crippen LogP contribution in [-0.2, 0) is 0 Å². The van der Waals surface area contributed by atoms with E-state index in [0.717, 1.165) is 5.56 Å². The highest BCUT2D eigenvalue weighted by molar-refractivity contribution is 6.42. The van der Waals surface area contributed by atoms with E-state index >= 15 is 0 Å². The molecule has 0 heterocycles. The van der Waals surface area contributed by atoms with Crippen LogP contribution in [0, 0.1) is 18.6 Å². The van der Waals surface area contributed by atoms with Gasteiger partial charge in [-0.2, -0.15) is 0 Å². The lowest BCUT2D eigenvalue weighted by Gasteiger charge is -2.20. The molecule has 2 aromatic carbocycles. The number of hydrogen-bond donors (Lipinski definition) is 1. The zero-order chi connectivity index (χ0) is 15.6. The third-order valence-corrected chi connectivity index (χ3v) is 4.04. The summed E-state index contributed by atoms with van der Waals surface area (Å²) in [5.74, 6) is -1.66. The SMILES string of the molecule is CCNC(c1ccc(Cl)c(Cl)c1)c1ccc(C)c(F)c1F. The second-order valence-corrected chi connectivity index (χ2v) is 5.58. The molecule has 0 saturated heterocycles. The first-order valence-electron chi connectivity index (χ1n) is 6.58. The van der Waals surface area contributed by atoms with Crippen molar-refractivity contribution in [3.63, 3.8) is 0 Å². The Kier molecular flexibility index (Phi) is 5.20. The summed E-state index contributed by atoms with van der Waals surface area (Å²) in [7, 11) is 0. The summed E-state index contributed by atoms with van der Waals surface area (Å²) in [4.78, 5) is 0. The zero-order valence-electron chi connectivity index (χ0n) is 11.7. The van der Waals surface area contributed by atoms with Crippen molar-refractivity contribution in [1.82, 2.24) is 5.32 Å². The molecule has 0 amide bonds. The molecule has 1 atom stereocenters. The molecular weight excluding hydrogens is 315 g/mol. The van der Waals surface area contributed by atoms with E-state index < -0.39 is 17.7 Å². The third-order valence-electron chi connectivity index (χ3n) is 3.30. The van der Waals surface area contributed by atoms with Crippen LogP contribution in [0.4, 0.5) is 8.78 Å². The van der Waals surface area contributed by atoms with Crippen molar-refractivity contribution in [2.75, 3.05) is 6.54 Å². The summed E-state index contributed by atoms with van der Waals surface area (Å²) in [6.07, 6.45) is 0. The first-order chi connectivity index (χ1) is 9.95. The Balaban J connectivity index is 2.53. The van der Waals surface area contributed by atoms with E-state index in [9.17, 15) is 8.78 Å². The Hall–Kier alpha value is -1.16. The molecule has 1 N–H and O–H groups in total. The van der Waals surface area contributed by atoms with Crippen LogP contribution >= 0.6 is 23.2 Å². The number of rotatable bonds is 4. The Morgan fingerprint density at radius 3 is 2.38 bits per heavy atom. The molecule has 0 bridgehead atoms. The van der Waals surface area contributed by atoms with Gasteiger partial charge in [-0.25, -0.2) is 8.78 Å². The molecule has 2 aromatic rings. The molecule has 2 rings (SSSR count). The molecule has 0 aromatic heterocycles. The third kappa shape index (κ3) is 3.37. The minimum absolute atomic E-state index is 0.248.